The number of hydrogen-bond donors (Lipinski definition) is 1. The Morgan fingerprint density at radius 2 is 1.86 bits per heavy atom. The molecule has 2 aromatic carbocycles. The van der Waals surface area contributed by atoms with Crippen LogP contribution in [0.4, 0.5) is 11.4 Å². The van der Waals surface area contributed by atoms with Gasteiger partial charge in [-0.2, -0.15) is 0 Å². The molecule has 0 saturated carbocycles. The Bertz CT molecular complexity index is 1030. The lowest BCUT2D eigenvalue weighted by Crippen LogP contribution is -2.33. The van der Waals surface area contributed by atoms with Crippen LogP contribution in [0.1, 0.15) is 43.0 Å². The van der Waals surface area contributed by atoms with Crippen molar-refractivity contribution in [2.24, 2.45) is 0 Å². The quantitative estimate of drug-likeness (QED) is 0.874. The first kappa shape index (κ1) is 18.9. The molecule has 0 fully saturated rings. The minimum Gasteiger partial charge on any atom is -0.326 e. The third kappa shape index (κ3) is 3.66. The van der Waals surface area contributed by atoms with Gasteiger partial charge in [-0.1, -0.05) is 24.3 Å². The lowest BCUT2D eigenvalue weighted by Gasteiger charge is -2.32. The fourth-order valence-electron chi connectivity index (χ4n) is 4.11. The number of rotatable bonds is 3. The van der Waals surface area contributed by atoms with Gasteiger partial charge >= 0.3 is 0 Å². The van der Waals surface area contributed by atoms with E-state index >= 15 is 0 Å². The van der Waals surface area contributed by atoms with Crippen molar-refractivity contribution < 1.29 is 14.4 Å². The van der Waals surface area contributed by atoms with Crippen LogP contribution in [0, 0.1) is 0 Å². The van der Waals surface area contributed by atoms with E-state index < -0.39 is 0 Å². The minimum atomic E-state index is -0.337. The van der Waals surface area contributed by atoms with Gasteiger partial charge < -0.3 is 15.1 Å². The molecule has 6 heteroatoms. The monoisotopic (exact) mass is 389 g/mol. The number of carbonyl (C=O) groups is 3. The standard InChI is InChI=1S/C23H23N3O3/c1-15(27)25-12-10-18-13-19(7-8-21(18)25)24-23(29)14-22-20-6-4-3-5-17(20)9-11-26(22)16(2)28/h3-9,11,13,22H,10,12,14H2,1-2H3,(H,24,29)/t22-/m1/s1. The number of anilines is 2. The number of hydrogen-bond acceptors (Lipinski definition) is 3. The molecule has 148 valence electrons. The maximum Gasteiger partial charge on any atom is 0.226 e. The summed E-state index contributed by atoms with van der Waals surface area (Å²) in [4.78, 5) is 39.9. The largest absolute Gasteiger partial charge is 0.326 e. The highest BCUT2D eigenvalue weighted by Gasteiger charge is 2.28. The molecular weight excluding hydrogens is 366 g/mol. The smallest absolute Gasteiger partial charge is 0.226 e. The zero-order valence-corrected chi connectivity index (χ0v) is 16.5. The zero-order valence-electron chi connectivity index (χ0n) is 16.5. The molecule has 2 aromatic rings. The number of nitrogens with one attached hydrogen (secondary N) is 1. The van der Waals surface area contributed by atoms with Crippen molar-refractivity contribution in [3.63, 3.8) is 0 Å². The van der Waals surface area contributed by atoms with Gasteiger partial charge in [0.25, 0.3) is 0 Å². The molecule has 29 heavy (non-hydrogen) atoms. The first-order valence-corrected chi connectivity index (χ1v) is 9.71. The van der Waals surface area contributed by atoms with E-state index in [4.69, 9.17) is 0 Å². The van der Waals surface area contributed by atoms with Crippen LogP contribution in [-0.4, -0.2) is 29.2 Å². The minimum absolute atomic E-state index is 0.0221. The molecule has 0 spiro atoms. The lowest BCUT2D eigenvalue weighted by molar-refractivity contribution is -0.129. The van der Waals surface area contributed by atoms with Crippen LogP contribution in [0.25, 0.3) is 6.08 Å². The van der Waals surface area contributed by atoms with E-state index in [1.54, 1.807) is 22.9 Å². The Labute approximate surface area is 169 Å². The van der Waals surface area contributed by atoms with Gasteiger partial charge in [0, 0.05) is 38.0 Å². The predicted octanol–water partition coefficient (Wildman–Crippen LogP) is 3.50. The highest BCUT2D eigenvalue weighted by molar-refractivity contribution is 5.96. The molecule has 2 heterocycles. The van der Waals surface area contributed by atoms with Crippen LogP contribution in [0.3, 0.4) is 0 Å². The van der Waals surface area contributed by atoms with Gasteiger partial charge in [0.15, 0.2) is 0 Å². The summed E-state index contributed by atoms with van der Waals surface area (Å²) in [6.07, 6.45) is 4.58. The molecule has 4 rings (SSSR count). The lowest BCUT2D eigenvalue weighted by atomic mass is 9.93. The summed E-state index contributed by atoms with van der Waals surface area (Å²) in [5, 5.41) is 2.95. The summed E-state index contributed by atoms with van der Waals surface area (Å²) in [7, 11) is 0. The van der Waals surface area contributed by atoms with Crippen LogP contribution >= 0.6 is 0 Å². The van der Waals surface area contributed by atoms with Gasteiger partial charge in [0.05, 0.1) is 12.5 Å². The molecular formula is C23H23N3O3. The highest BCUT2D eigenvalue weighted by atomic mass is 16.2. The number of amides is 3. The summed E-state index contributed by atoms with van der Waals surface area (Å²) in [6, 6.07) is 13.1. The van der Waals surface area contributed by atoms with Gasteiger partial charge in [-0.15, -0.1) is 0 Å². The Kier molecular flexibility index (Phi) is 4.92. The van der Waals surface area contributed by atoms with Gasteiger partial charge in [-0.05, 0) is 47.4 Å². The number of nitrogens with zero attached hydrogens (tertiary/aromatic N) is 2. The Balaban J connectivity index is 1.52. The Morgan fingerprint density at radius 1 is 1.07 bits per heavy atom. The molecule has 0 saturated heterocycles. The molecule has 0 radical (unpaired) electrons. The van der Waals surface area contributed by atoms with E-state index in [0.717, 1.165) is 28.8 Å². The maximum absolute atomic E-state index is 12.8. The van der Waals surface area contributed by atoms with E-state index in [9.17, 15) is 14.4 Å². The highest BCUT2D eigenvalue weighted by Crippen LogP contribution is 2.34. The van der Waals surface area contributed by atoms with E-state index in [1.165, 1.54) is 6.92 Å². The van der Waals surface area contributed by atoms with E-state index in [1.807, 2.05) is 48.5 Å². The maximum atomic E-state index is 12.8. The summed E-state index contributed by atoms with van der Waals surface area (Å²) in [5.41, 5.74) is 4.64. The van der Waals surface area contributed by atoms with Crippen molar-refractivity contribution in [3.05, 3.63) is 65.4 Å². The van der Waals surface area contributed by atoms with Crippen LogP contribution in [0.5, 0.6) is 0 Å². The van der Waals surface area contributed by atoms with E-state index in [2.05, 4.69) is 5.32 Å². The number of fused-ring (bicyclic) bond motifs is 2. The topological polar surface area (TPSA) is 69.7 Å². The van der Waals surface area contributed by atoms with Crippen LogP contribution in [0.2, 0.25) is 0 Å². The van der Waals surface area contributed by atoms with E-state index in [-0.39, 0.29) is 30.2 Å². The second kappa shape index (κ2) is 7.54. The summed E-state index contributed by atoms with van der Waals surface area (Å²) in [6.45, 7) is 3.73. The summed E-state index contributed by atoms with van der Waals surface area (Å²) < 4.78 is 0. The number of carbonyl (C=O) groups excluding carboxylic acids is 3. The van der Waals surface area contributed by atoms with Gasteiger partial charge in [-0.25, -0.2) is 0 Å². The molecule has 2 aliphatic heterocycles. The molecule has 1 atom stereocenters. The Morgan fingerprint density at radius 3 is 2.62 bits per heavy atom. The fourth-order valence-corrected chi connectivity index (χ4v) is 4.11. The second-order valence-electron chi connectivity index (χ2n) is 7.40. The van der Waals surface area contributed by atoms with Crippen LogP contribution in [-0.2, 0) is 20.8 Å². The third-order valence-corrected chi connectivity index (χ3v) is 5.49. The molecule has 1 N–H and O–H groups in total. The van der Waals surface area contributed by atoms with Gasteiger partial charge in [0.2, 0.25) is 17.7 Å². The van der Waals surface area contributed by atoms with Gasteiger partial charge in [-0.3, -0.25) is 14.4 Å². The van der Waals surface area contributed by atoms with Crippen LogP contribution in [0.15, 0.2) is 48.7 Å². The predicted molar refractivity (Wildman–Crippen MR) is 112 cm³/mol. The second-order valence-corrected chi connectivity index (χ2v) is 7.40. The average Bonchev–Trinajstić information content (AvgIpc) is 3.11. The molecule has 0 unspecified atom stereocenters. The first-order valence-electron chi connectivity index (χ1n) is 9.71. The fraction of sp³-hybridized carbons (Fsp3) is 0.261. The summed E-state index contributed by atoms with van der Waals surface area (Å²) in [5.74, 6) is -0.239. The molecule has 6 nitrogen and oxygen atoms in total. The van der Waals surface area contributed by atoms with Crippen molar-refractivity contribution in [2.45, 2.75) is 32.7 Å². The van der Waals surface area contributed by atoms with Crippen molar-refractivity contribution in [1.82, 2.24) is 4.90 Å². The molecule has 3 amide bonds. The molecule has 0 aliphatic carbocycles. The summed E-state index contributed by atoms with van der Waals surface area (Å²) >= 11 is 0. The molecule has 0 bridgehead atoms. The van der Waals surface area contributed by atoms with Gasteiger partial charge in [0.1, 0.15) is 0 Å². The Hall–Kier alpha value is -3.41. The first-order chi connectivity index (χ1) is 13.9. The van der Waals surface area contributed by atoms with Crippen molar-refractivity contribution >= 4 is 35.2 Å². The SMILES string of the molecule is CC(=O)N1CCc2cc(NC(=O)C[C@@H]3c4ccccc4C=CN3C(C)=O)ccc21. The normalized spacial score (nSPS) is 17.0. The molecule has 2 aliphatic rings. The van der Waals surface area contributed by atoms with Crippen molar-refractivity contribution in [1.29, 1.82) is 0 Å². The molecule has 0 aromatic heterocycles. The third-order valence-electron chi connectivity index (χ3n) is 5.49. The number of benzene rings is 2. The van der Waals surface area contributed by atoms with Crippen molar-refractivity contribution in [3.8, 4) is 0 Å². The van der Waals surface area contributed by atoms with Crippen LogP contribution < -0.4 is 10.2 Å². The van der Waals surface area contributed by atoms with E-state index in [0.29, 0.717) is 12.2 Å². The average molecular weight is 389 g/mol. The zero-order chi connectivity index (χ0) is 20.5. The van der Waals surface area contributed by atoms with Crippen molar-refractivity contribution in [2.75, 3.05) is 16.8 Å².